The molecule has 5 nitrogen and oxygen atoms in total. The first-order chi connectivity index (χ1) is 9.26. The maximum Gasteiger partial charge on any atom is 0.224 e. The molecular weight excluding hydrogens is 240 g/mol. The molecule has 0 aliphatic carbocycles. The number of unbranched alkanes of at least 4 members (excludes halogenated alkanes) is 3. The minimum absolute atomic E-state index is 0.297. The molecule has 0 saturated carbocycles. The molecule has 108 valence electrons. The van der Waals surface area contributed by atoms with Crippen molar-refractivity contribution in [1.82, 2.24) is 9.97 Å². The van der Waals surface area contributed by atoms with Crippen molar-refractivity contribution in [2.45, 2.75) is 46.0 Å². The minimum atomic E-state index is 0.297. The third kappa shape index (κ3) is 6.96. The molecule has 0 aliphatic rings. The van der Waals surface area contributed by atoms with Gasteiger partial charge in [0, 0.05) is 31.5 Å². The van der Waals surface area contributed by atoms with Gasteiger partial charge >= 0.3 is 0 Å². The maximum atomic E-state index is 8.69. The van der Waals surface area contributed by atoms with Crippen LogP contribution in [-0.2, 0) is 0 Å². The summed E-state index contributed by atoms with van der Waals surface area (Å²) in [6.07, 6.45) is 5.28. The minimum Gasteiger partial charge on any atom is -0.396 e. The van der Waals surface area contributed by atoms with E-state index in [2.05, 4.69) is 27.5 Å². The number of anilines is 2. The van der Waals surface area contributed by atoms with Gasteiger partial charge in [-0.05, 0) is 26.2 Å². The van der Waals surface area contributed by atoms with Crippen molar-refractivity contribution in [1.29, 1.82) is 0 Å². The van der Waals surface area contributed by atoms with Gasteiger partial charge in [-0.25, -0.2) is 4.98 Å². The highest BCUT2D eigenvalue weighted by molar-refractivity contribution is 5.41. The van der Waals surface area contributed by atoms with Crippen LogP contribution >= 0.6 is 0 Å². The van der Waals surface area contributed by atoms with Gasteiger partial charge in [0.1, 0.15) is 5.82 Å². The molecule has 3 N–H and O–H groups in total. The van der Waals surface area contributed by atoms with Crippen LogP contribution in [0.25, 0.3) is 0 Å². The van der Waals surface area contributed by atoms with Gasteiger partial charge in [0.15, 0.2) is 0 Å². The van der Waals surface area contributed by atoms with Crippen LogP contribution in [0, 0.1) is 6.92 Å². The number of rotatable bonds is 10. The van der Waals surface area contributed by atoms with Crippen molar-refractivity contribution in [3.63, 3.8) is 0 Å². The quantitative estimate of drug-likeness (QED) is 0.568. The van der Waals surface area contributed by atoms with Crippen LogP contribution < -0.4 is 10.6 Å². The van der Waals surface area contributed by atoms with E-state index >= 15 is 0 Å². The van der Waals surface area contributed by atoms with E-state index in [1.54, 1.807) is 0 Å². The SMILES string of the molecule is CCCNc1nc(C)cc(NCCCCCCO)n1. The number of aromatic nitrogens is 2. The normalized spacial score (nSPS) is 10.5. The Hall–Kier alpha value is -1.36. The standard InChI is InChI=1S/C14H26N4O/c1-3-8-16-14-17-12(2)11-13(18-14)15-9-6-4-5-7-10-19/h11,19H,3-10H2,1-2H3,(H2,15,16,17,18). The van der Waals surface area contributed by atoms with Crippen molar-refractivity contribution >= 4 is 11.8 Å². The molecule has 0 amide bonds. The molecule has 1 rings (SSSR count). The smallest absolute Gasteiger partial charge is 0.224 e. The molecule has 1 aromatic rings. The Kier molecular flexibility index (Phi) is 7.89. The van der Waals surface area contributed by atoms with Gasteiger partial charge in [-0.3, -0.25) is 0 Å². The van der Waals surface area contributed by atoms with Crippen LogP contribution in [0.4, 0.5) is 11.8 Å². The summed E-state index contributed by atoms with van der Waals surface area (Å²) >= 11 is 0. The van der Waals surface area contributed by atoms with E-state index in [4.69, 9.17) is 5.11 Å². The predicted octanol–water partition coefficient (Wildman–Crippen LogP) is 2.57. The molecule has 1 aromatic heterocycles. The Morgan fingerprint density at radius 2 is 1.84 bits per heavy atom. The van der Waals surface area contributed by atoms with Crippen LogP contribution in [0.15, 0.2) is 6.07 Å². The molecule has 0 fully saturated rings. The fourth-order valence-corrected chi connectivity index (χ4v) is 1.78. The van der Waals surface area contributed by atoms with E-state index in [1.165, 1.54) is 0 Å². The largest absolute Gasteiger partial charge is 0.396 e. The first-order valence-corrected chi connectivity index (χ1v) is 7.20. The van der Waals surface area contributed by atoms with E-state index in [0.717, 1.165) is 56.7 Å². The summed E-state index contributed by atoms with van der Waals surface area (Å²) in [4.78, 5) is 8.78. The zero-order valence-corrected chi connectivity index (χ0v) is 12.1. The number of hydrogen-bond acceptors (Lipinski definition) is 5. The molecule has 0 saturated heterocycles. The summed E-state index contributed by atoms with van der Waals surface area (Å²) in [6, 6.07) is 1.96. The van der Waals surface area contributed by atoms with Gasteiger partial charge < -0.3 is 15.7 Å². The molecular formula is C14H26N4O. The Balaban J connectivity index is 2.34. The lowest BCUT2D eigenvalue weighted by atomic mass is 10.2. The first-order valence-electron chi connectivity index (χ1n) is 7.20. The fraction of sp³-hybridized carbons (Fsp3) is 0.714. The Morgan fingerprint density at radius 1 is 1.05 bits per heavy atom. The molecule has 0 atom stereocenters. The van der Waals surface area contributed by atoms with Crippen molar-refractivity contribution in [2.24, 2.45) is 0 Å². The average Bonchev–Trinajstić information content (AvgIpc) is 2.40. The van der Waals surface area contributed by atoms with Gasteiger partial charge in [0.05, 0.1) is 0 Å². The Bertz CT molecular complexity index is 357. The van der Waals surface area contributed by atoms with Crippen LogP contribution in [0.5, 0.6) is 0 Å². The van der Waals surface area contributed by atoms with Crippen LogP contribution in [-0.4, -0.2) is 34.8 Å². The van der Waals surface area contributed by atoms with Gasteiger partial charge in [0.25, 0.3) is 0 Å². The Labute approximate surface area is 115 Å². The second-order valence-electron chi connectivity index (χ2n) is 4.71. The topological polar surface area (TPSA) is 70.1 Å². The molecule has 0 spiro atoms. The zero-order valence-electron chi connectivity index (χ0n) is 12.1. The van der Waals surface area contributed by atoms with Crippen molar-refractivity contribution < 1.29 is 5.11 Å². The van der Waals surface area contributed by atoms with Crippen LogP contribution in [0.1, 0.15) is 44.7 Å². The highest BCUT2D eigenvalue weighted by Gasteiger charge is 2.01. The predicted molar refractivity (Wildman–Crippen MR) is 79.6 cm³/mol. The molecule has 5 heteroatoms. The summed E-state index contributed by atoms with van der Waals surface area (Å²) in [5.41, 5.74) is 0.969. The number of aryl methyl sites for hydroxylation is 1. The van der Waals surface area contributed by atoms with Gasteiger partial charge in [-0.2, -0.15) is 4.98 Å². The summed E-state index contributed by atoms with van der Waals surface area (Å²) in [5.74, 6) is 1.58. The molecule has 0 radical (unpaired) electrons. The van der Waals surface area contributed by atoms with E-state index in [-0.39, 0.29) is 0 Å². The number of hydrogen-bond donors (Lipinski definition) is 3. The maximum absolute atomic E-state index is 8.69. The van der Waals surface area contributed by atoms with E-state index < -0.39 is 0 Å². The number of aliphatic hydroxyl groups is 1. The second-order valence-corrected chi connectivity index (χ2v) is 4.71. The van der Waals surface area contributed by atoms with Gasteiger partial charge in [-0.1, -0.05) is 19.8 Å². The monoisotopic (exact) mass is 266 g/mol. The van der Waals surface area contributed by atoms with Crippen LogP contribution in [0.3, 0.4) is 0 Å². The molecule has 19 heavy (non-hydrogen) atoms. The van der Waals surface area contributed by atoms with Gasteiger partial charge in [-0.15, -0.1) is 0 Å². The number of aliphatic hydroxyl groups excluding tert-OH is 1. The highest BCUT2D eigenvalue weighted by atomic mass is 16.2. The van der Waals surface area contributed by atoms with E-state index in [1.807, 2.05) is 13.0 Å². The first kappa shape index (κ1) is 15.7. The fourth-order valence-electron chi connectivity index (χ4n) is 1.78. The van der Waals surface area contributed by atoms with Crippen molar-refractivity contribution in [3.8, 4) is 0 Å². The molecule has 0 aliphatic heterocycles. The van der Waals surface area contributed by atoms with Crippen LogP contribution in [0.2, 0.25) is 0 Å². The average molecular weight is 266 g/mol. The molecule has 1 heterocycles. The summed E-state index contributed by atoms with van der Waals surface area (Å²) in [5, 5.41) is 15.2. The van der Waals surface area contributed by atoms with Gasteiger partial charge in [0.2, 0.25) is 5.95 Å². The third-order valence-corrected chi connectivity index (χ3v) is 2.78. The molecule has 0 aromatic carbocycles. The lowest BCUT2D eigenvalue weighted by molar-refractivity contribution is 0.283. The lowest BCUT2D eigenvalue weighted by Gasteiger charge is -2.09. The summed E-state index contributed by atoms with van der Waals surface area (Å²) in [6.45, 7) is 6.20. The van der Waals surface area contributed by atoms with E-state index in [9.17, 15) is 0 Å². The summed E-state index contributed by atoms with van der Waals surface area (Å²) < 4.78 is 0. The Morgan fingerprint density at radius 3 is 2.58 bits per heavy atom. The zero-order chi connectivity index (χ0) is 13.9. The number of nitrogens with zero attached hydrogens (tertiary/aromatic N) is 2. The molecule has 0 unspecified atom stereocenters. The third-order valence-electron chi connectivity index (χ3n) is 2.78. The second kappa shape index (κ2) is 9.55. The van der Waals surface area contributed by atoms with Crippen molar-refractivity contribution in [3.05, 3.63) is 11.8 Å². The van der Waals surface area contributed by atoms with Crippen molar-refractivity contribution in [2.75, 3.05) is 30.3 Å². The highest BCUT2D eigenvalue weighted by Crippen LogP contribution is 2.10. The molecule has 0 bridgehead atoms. The van der Waals surface area contributed by atoms with E-state index in [0.29, 0.717) is 12.6 Å². The summed E-state index contributed by atoms with van der Waals surface area (Å²) in [7, 11) is 0. The number of nitrogens with one attached hydrogen (secondary N) is 2. The lowest BCUT2D eigenvalue weighted by Crippen LogP contribution is -2.09.